The summed E-state index contributed by atoms with van der Waals surface area (Å²) in [6.45, 7) is 8.14. The fourth-order valence-electron chi connectivity index (χ4n) is 4.42. The number of ether oxygens (including phenoxy) is 3. The van der Waals surface area contributed by atoms with E-state index in [9.17, 15) is 5.11 Å². The van der Waals surface area contributed by atoms with E-state index in [0.29, 0.717) is 26.2 Å². The highest BCUT2D eigenvalue weighted by Gasteiger charge is 2.31. The van der Waals surface area contributed by atoms with Crippen LogP contribution >= 0.6 is 0 Å². The number of aliphatic hydroxyl groups is 1. The van der Waals surface area contributed by atoms with Crippen molar-refractivity contribution in [3.8, 4) is 17.2 Å². The van der Waals surface area contributed by atoms with Crippen LogP contribution in [0.2, 0.25) is 0 Å². The van der Waals surface area contributed by atoms with Crippen molar-refractivity contribution < 1.29 is 19.3 Å². The lowest BCUT2D eigenvalue weighted by molar-refractivity contribution is -0.0168. The molecule has 1 aliphatic heterocycles. The molecule has 1 aliphatic rings. The molecule has 1 saturated heterocycles. The lowest BCUT2D eigenvalue weighted by Crippen LogP contribution is -2.37. The van der Waals surface area contributed by atoms with E-state index in [2.05, 4.69) is 29.1 Å². The number of likely N-dealkylation sites (tertiary alicyclic amines) is 1. The first-order valence-corrected chi connectivity index (χ1v) is 12.4. The molecule has 1 fully saturated rings. The second-order valence-corrected chi connectivity index (χ2v) is 9.57. The molecular weight excluding hydrogens is 442 g/mol. The Balaban J connectivity index is 1.31. The maximum atomic E-state index is 11.2. The van der Waals surface area contributed by atoms with Crippen LogP contribution < -0.4 is 14.2 Å². The molecule has 7 nitrogen and oxygen atoms in total. The average Bonchev–Trinajstić information content (AvgIpc) is 3.18. The Hall–Kier alpha value is -3.03. The summed E-state index contributed by atoms with van der Waals surface area (Å²) in [7, 11) is 1.66. The number of methoxy groups -OCH3 is 1. The lowest BCUT2D eigenvalue weighted by Gasteiger charge is -2.27. The number of aryl methyl sites for hydroxylation is 2. The quantitative estimate of drug-likeness (QED) is 0.465. The van der Waals surface area contributed by atoms with Gasteiger partial charge in [-0.2, -0.15) is 5.10 Å². The highest BCUT2D eigenvalue weighted by molar-refractivity contribution is 5.43. The fourth-order valence-corrected chi connectivity index (χ4v) is 4.42. The molecule has 4 rings (SSSR count). The summed E-state index contributed by atoms with van der Waals surface area (Å²) in [5, 5.41) is 15.5. The van der Waals surface area contributed by atoms with E-state index in [0.717, 1.165) is 60.9 Å². The molecule has 2 aromatic carbocycles. The van der Waals surface area contributed by atoms with Crippen molar-refractivity contribution in [3.63, 3.8) is 0 Å². The van der Waals surface area contributed by atoms with Crippen LogP contribution in [0, 0.1) is 13.8 Å². The predicted octanol–water partition coefficient (Wildman–Crippen LogP) is 4.38. The number of hydrogen-bond donors (Lipinski definition) is 1. The number of rotatable bonds is 10. The van der Waals surface area contributed by atoms with E-state index in [1.54, 1.807) is 7.11 Å². The molecule has 1 aromatic heterocycles. The summed E-state index contributed by atoms with van der Waals surface area (Å²) in [5.74, 6) is 2.27. The third-order valence-corrected chi connectivity index (χ3v) is 6.51. The SMILES string of the molecule is COc1ccc(CN2CCC[C@@](O)(COc3ccc(C)cc3)CC2)cc1OCCn1cc(C)cn1. The first-order chi connectivity index (χ1) is 16.9. The number of aromatic nitrogens is 2. The van der Waals surface area contributed by atoms with Gasteiger partial charge in [-0.05, 0) is 75.0 Å². The van der Waals surface area contributed by atoms with Crippen molar-refractivity contribution in [1.82, 2.24) is 14.7 Å². The zero-order chi connectivity index (χ0) is 24.7. The second kappa shape index (κ2) is 11.6. The zero-order valence-corrected chi connectivity index (χ0v) is 21.1. The standard InChI is InChI=1S/C28H37N3O4/c1-22-5-8-25(9-6-22)35-21-28(32)11-4-13-30(14-12-28)20-24-7-10-26(33-3)27(17-24)34-16-15-31-19-23(2)18-29-31/h5-10,17-19,32H,4,11-16,20-21H2,1-3H3/t28-/m0/s1. The molecule has 0 spiro atoms. The molecule has 0 bridgehead atoms. The predicted molar refractivity (Wildman–Crippen MR) is 136 cm³/mol. The van der Waals surface area contributed by atoms with Gasteiger partial charge < -0.3 is 19.3 Å². The summed E-state index contributed by atoms with van der Waals surface area (Å²) in [5.41, 5.74) is 2.69. The van der Waals surface area contributed by atoms with Crippen molar-refractivity contribution in [3.05, 3.63) is 71.5 Å². The molecule has 1 N–H and O–H groups in total. The number of nitrogens with zero attached hydrogens (tertiary/aromatic N) is 3. The topological polar surface area (TPSA) is 69.0 Å². The van der Waals surface area contributed by atoms with E-state index in [4.69, 9.17) is 14.2 Å². The van der Waals surface area contributed by atoms with Crippen LogP contribution in [-0.2, 0) is 13.1 Å². The zero-order valence-electron chi connectivity index (χ0n) is 21.1. The molecule has 0 saturated carbocycles. The van der Waals surface area contributed by atoms with Gasteiger partial charge in [0.05, 0.1) is 25.5 Å². The normalized spacial score (nSPS) is 18.7. The van der Waals surface area contributed by atoms with Crippen LogP contribution in [0.1, 0.15) is 36.0 Å². The van der Waals surface area contributed by atoms with E-state index in [1.807, 2.05) is 54.3 Å². The molecule has 188 valence electrons. The van der Waals surface area contributed by atoms with Crippen molar-refractivity contribution >= 4 is 0 Å². The third-order valence-electron chi connectivity index (χ3n) is 6.51. The number of benzene rings is 2. The molecule has 0 amide bonds. The minimum Gasteiger partial charge on any atom is -0.493 e. The van der Waals surface area contributed by atoms with Gasteiger partial charge in [0.25, 0.3) is 0 Å². The van der Waals surface area contributed by atoms with Gasteiger partial charge in [0.1, 0.15) is 19.0 Å². The second-order valence-electron chi connectivity index (χ2n) is 9.57. The minimum atomic E-state index is -0.807. The summed E-state index contributed by atoms with van der Waals surface area (Å²) < 4.78 is 19.4. The van der Waals surface area contributed by atoms with Gasteiger partial charge in [0.15, 0.2) is 11.5 Å². The van der Waals surface area contributed by atoms with Gasteiger partial charge in [0.2, 0.25) is 0 Å². The first-order valence-electron chi connectivity index (χ1n) is 12.4. The van der Waals surface area contributed by atoms with Crippen LogP contribution in [0.15, 0.2) is 54.9 Å². The van der Waals surface area contributed by atoms with Crippen LogP contribution in [0.5, 0.6) is 17.2 Å². The van der Waals surface area contributed by atoms with E-state index in [1.165, 1.54) is 5.56 Å². The first kappa shape index (κ1) is 25.1. The number of hydrogen-bond acceptors (Lipinski definition) is 6. The van der Waals surface area contributed by atoms with Crippen LogP contribution in [0.3, 0.4) is 0 Å². The van der Waals surface area contributed by atoms with Gasteiger partial charge in [-0.1, -0.05) is 23.8 Å². The summed E-state index contributed by atoms with van der Waals surface area (Å²) in [4.78, 5) is 2.39. The fraction of sp³-hybridized carbons (Fsp3) is 0.464. The lowest BCUT2D eigenvalue weighted by atomic mass is 9.96. The summed E-state index contributed by atoms with van der Waals surface area (Å²) in [6.07, 6.45) is 6.19. The van der Waals surface area contributed by atoms with Gasteiger partial charge in [-0.15, -0.1) is 0 Å². The van der Waals surface area contributed by atoms with E-state index >= 15 is 0 Å². The van der Waals surface area contributed by atoms with E-state index in [-0.39, 0.29) is 0 Å². The van der Waals surface area contributed by atoms with Crippen molar-refractivity contribution in [1.29, 1.82) is 0 Å². The van der Waals surface area contributed by atoms with Gasteiger partial charge in [-0.25, -0.2) is 0 Å². The monoisotopic (exact) mass is 479 g/mol. The molecule has 1 atom stereocenters. The smallest absolute Gasteiger partial charge is 0.161 e. The average molecular weight is 480 g/mol. The van der Waals surface area contributed by atoms with Crippen molar-refractivity contribution in [2.24, 2.45) is 0 Å². The minimum absolute atomic E-state index is 0.320. The Morgan fingerprint density at radius 2 is 1.80 bits per heavy atom. The Bertz CT molecular complexity index is 1080. The van der Waals surface area contributed by atoms with Crippen molar-refractivity contribution in [2.45, 2.75) is 51.8 Å². The molecule has 0 radical (unpaired) electrons. The van der Waals surface area contributed by atoms with Crippen LogP contribution in [0.4, 0.5) is 0 Å². The Labute approximate surface area is 208 Å². The molecular formula is C28H37N3O4. The summed E-state index contributed by atoms with van der Waals surface area (Å²) in [6, 6.07) is 14.1. The Morgan fingerprint density at radius 1 is 0.971 bits per heavy atom. The molecule has 35 heavy (non-hydrogen) atoms. The van der Waals surface area contributed by atoms with Gasteiger partial charge in [0, 0.05) is 19.3 Å². The van der Waals surface area contributed by atoms with Gasteiger partial charge in [-0.3, -0.25) is 9.58 Å². The summed E-state index contributed by atoms with van der Waals surface area (Å²) >= 11 is 0. The maximum absolute atomic E-state index is 11.2. The largest absolute Gasteiger partial charge is 0.493 e. The third kappa shape index (κ3) is 7.23. The molecule has 2 heterocycles. The highest BCUT2D eigenvalue weighted by atomic mass is 16.5. The molecule has 0 aliphatic carbocycles. The Morgan fingerprint density at radius 3 is 2.54 bits per heavy atom. The maximum Gasteiger partial charge on any atom is 0.161 e. The Kier molecular flexibility index (Phi) is 8.31. The van der Waals surface area contributed by atoms with Gasteiger partial charge >= 0.3 is 0 Å². The molecule has 7 heteroatoms. The van der Waals surface area contributed by atoms with E-state index < -0.39 is 5.60 Å². The highest BCUT2D eigenvalue weighted by Crippen LogP contribution is 2.30. The van der Waals surface area contributed by atoms with Crippen LogP contribution in [0.25, 0.3) is 0 Å². The molecule has 3 aromatic rings. The van der Waals surface area contributed by atoms with Crippen molar-refractivity contribution in [2.75, 3.05) is 33.4 Å². The van der Waals surface area contributed by atoms with Crippen LogP contribution in [-0.4, -0.2) is 58.8 Å². The molecule has 0 unspecified atom stereocenters.